The summed E-state index contributed by atoms with van der Waals surface area (Å²) < 4.78 is 33.3. The maximum Gasteiger partial charge on any atom is 0.282 e. The smallest absolute Gasteiger partial charge is 0.282 e. The summed E-state index contributed by atoms with van der Waals surface area (Å²) in [6.07, 6.45) is 0.642. The van der Waals surface area contributed by atoms with Crippen molar-refractivity contribution in [2.24, 2.45) is 5.73 Å². The van der Waals surface area contributed by atoms with Crippen LogP contribution >= 0.6 is 0 Å². The molecule has 7 heteroatoms. The molecule has 17 heavy (non-hydrogen) atoms. The highest BCUT2D eigenvalue weighted by Crippen LogP contribution is 2.20. The third-order valence-electron chi connectivity index (χ3n) is 3.23. The zero-order valence-electron chi connectivity index (χ0n) is 10.4. The molecule has 2 aliphatic rings. The Hall–Kier alpha value is -0.210. The summed E-state index contributed by atoms with van der Waals surface area (Å²) in [6, 6.07) is -0.0272. The summed E-state index contributed by atoms with van der Waals surface area (Å²) in [5.41, 5.74) is 5.76. The molecule has 0 amide bonds. The topological polar surface area (TPSA) is 75.9 Å². The SMILES string of the molecule is CC1CN(S(=O)(=O)N2CC[C@H](N)C2)CC(C)O1. The van der Waals surface area contributed by atoms with Crippen LogP contribution in [0.1, 0.15) is 20.3 Å². The van der Waals surface area contributed by atoms with Gasteiger partial charge in [0.25, 0.3) is 10.2 Å². The lowest BCUT2D eigenvalue weighted by atomic mass is 10.3. The lowest BCUT2D eigenvalue weighted by Crippen LogP contribution is -2.52. The summed E-state index contributed by atoms with van der Waals surface area (Å²) in [5, 5.41) is 0. The Morgan fingerprint density at radius 1 is 1.12 bits per heavy atom. The Bertz CT molecular complexity index is 363. The van der Waals surface area contributed by atoms with Crippen LogP contribution in [0.25, 0.3) is 0 Å². The first kappa shape index (κ1) is 13.2. The Balaban J connectivity index is 2.09. The van der Waals surface area contributed by atoms with Gasteiger partial charge in [-0.05, 0) is 20.3 Å². The van der Waals surface area contributed by atoms with Crippen molar-refractivity contribution in [1.82, 2.24) is 8.61 Å². The van der Waals surface area contributed by atoms with Crippen LogP contribution < -0.4 is 5.73 Å². The Kier molecular flexibility index (Phi) is 3.74. The molecule has 2 N–H and O–H groups in total. The van der Waals surface area contributed by atoms with E-state index in [1.165, 1.54) is 8.61 Å². The molecule has 0 radical (unpaired) electrons. The molecule has 2 unspecified atom stereocenters. The van der Waals surface area contributed by atoms with Crippen LogP contribution in [0.3, 0.4) is 0 Å². The van der Waals surface area contributed by atoms with Gasteiger partial charge in [-0.25, -0.2) is 0 Å². The van der Waals surface area contributed by atoms with Crippen molar-refractivity contribution in [3.05, 3.63) is 0 Å². The minimum atomic E-state index is -3.35. The highest BCUT2D eigenvalue weighted by molar-refractivity contribution is 7.86. The quantitative estimate of drug-likeness (QED) is 0.720. The predicted octanol–water partition coefficient (Wildman–Crippen LogP) is -0.627. The van der Waals surface area contributed by atoms with Crippen molar-refractivity contribution in [3.63, 3.8) is 0 Å². The van der Waals surface area contributed by atoms with Gasteiger partial charge in [-0.2, -0.15) is 17.0 Å². The van der Waals surface area contributed by atoms with E-state index in [1.807, 2.05) is 13.8 Å². The molecular formula is C10H21N3O3S. The van der Waals surface area contributed by atoms with Crippen LogP contribution in [0.5, 0.6) is 0 Å². The summed E-state index contributed by atoms with van der Waals surface area (Å²) in [5.74, 6) is 0. The van der Waals surface area contributed by atoms with E-state index in [-0.39, 0.29) is 18.2 Å². The van der Waals surface area contributed by atoms with Crippen molar-refractivity contribution in [1.29, 1.82) is 0 Å². The van der Waals surface area contributed by atoms with E-state index >= 15 is 0 Å². The fourth-order valence-electron chi connectivity index (χ4n) is 2.45. The summed E-state index contributed by atoms with van der Waals surface area (Å²) in [7, 11) is -3.35. The molecule has 2 saturated heterocycles. The van der Waals surface area contributed by atoms with Crippen LogP contribution in [0.4, 0.5) is 0 Å². The molecule has 6 nitrogen and oxygen atoms in total. The molecule has 3 atom stereocenters. The van der Waals surface area contributed by atoms with Crippen LogP contribution in [0, 0.1) is 0 Å². The largest absolute Gasteiger partial charge is 0.373 e. The Morgan fingerprint density at radius 2 is 1.71 bits per heavy atom. The minimum Gasteiger partial charge on any atom is -0.373 e. The van der Waals surface area contributed by atoms with Crippen LogP contribution in [0.2, 0.25) is 0 Å². The fraction of sp³-hybridized carbons (Fsp3) is 1.00. The first-order valence-corrected chi connectivity index (χ1v) is 7.45. The van der Waals surface area contributed by atoms with Crippen molar-refractivity contribution in [2.45, 2.75) is 38.5 Å². The normalized spacial score (nSPS) is 37.5. The zero-order chi connectivity index (χ0) is 12.6. The molecule has 2 fully saturated rings. The van der Waals surface area contributed by atoms with Crippen molar-refractivity contribution >= 4 is 10.2 Å². The molecule has 2 aliphatic heterocycles. The van der Waals surface area contributed by atoms with Gasteiger partial charge < -0.3 is 10.5 Å². The number of morpholine rings is 1. The third kappa shape index (κ3) is 2.79. The van der Waals surface area contributed by atoms with Crippen LogP contribution in [-0.4, -0.2) is 61.5 Å². The standard InChI is InChI=1S/C10H21N3O3S/c1-8-5-13(6-9(2)16-8)17(14,15)12-4-3-10(11)7-12/h8-10H,3-7,11H2,1-2H3/t8?,9?,10-/m0/s1. The van der Waals surface area contributed by atoms with Crippen molar-refractivity contribution in [3.8, 4) is 0 Å². The number of nitrogens with zero attached hydrogens (tertiary/aromatic N) is 2. The number of hydrogen-bond acceptors (Lipinski definition) is 4. The molecule has 0 aromatic carbocycles. The zero-order valence-corrected chi connectivity index (χ0v) is 11.2. The molecule has 2 heterocycles. The van der Waals surface area contributed by atoms with Crippen LogP contribution in [0.15, 0.2) is 0 Å². The fourth-order valence-corrected chi connectivity index (χ4v) is 4.29. The van der Waals surface area contributed by atoms with Gasteiger partial charge in [0.2, 0.25) is 0 Å². The Labute approximate surface area is 103 Å². The van der Waals surface area contributed by atoms with Gasteiger partial charge in [-0.1, -0.05) is 0 Å². The minimum absolute atomic E-state index is 0.0272. The molecule has 0 spiro atoms. The molecule has 100 valence electrons. The van der Waals surface area contributed by atoms with Gasteiger partial charge in [0, 0.05) is 32.2 Å². The summed E-state index contributed by atoms with van der Waals surface area (Å²) >= 11 is 0. The molecule has 0 aromatic rings. The molecule has 0 aliphatic carbocycles. The van der Waals surface area contributed by atoms with E-state index in [0.29, 0.717) is 26.2 Å². The lowest BCUT2D eigenvalue weighted by Gasteiger charge is -2.36. The third-order valence-corrected chi connectivity index (χ3v) is 5.16. The van der Waals surface area contributed by atoms with E-state index in [4.69, 9.17) is 10.5 Å². The highest BCUT2D eigenvalue weighted by Gasteiger charge is 2.37. The monoisotopic (exact) mass is 263 g/mol. The van der Waals surface area contributed by atoms with E-state index in [1.54, 1.807) is 0 Å². The highest BCUT2D eigenvalue weighted by atomic mass is 32.2. The number of ether oxygens (including phenoxy) is 1. The lowest BCUT2D eigenvalue weighted by molar-refractivity contribution is -0.0453. The molecule has 0 aromatic heterocycles. The second kappa shape index (κ2) is 4.81. The number of nitrogens with two attached hydrogens (primary N) is 1. The van der Waals surface area contributed by atoms with Gasteiger partial charge in [0.05, 0.1) is 12.2 Å². The number of rotatable bonds is 2. The van der Waals surface area contributed by atoms with E-state index in [9.17, 15) is 8.42 Å². The first-order chi connectivity index (χ1) is 7.89. The molecule has 0 saturated carbocycles. The maximum absolute atomic E-state index is 12.4. The van der Waals surface area contributed by atoms with Crippen molar-refractivity contribution < 1.29 is 13.2 Å². The van der Waals surface area contributed by atoms with Gasteiger partial charge in [-0.15, -0.1) is 0 Å². The van der Waals surface area contributed by atoms with Gasteiger partial charge in [0.1, 0.15) is 0 Å². The average molecular weight is 263 g/mol. The second-order valence-corrected chi connectivity index (χ2v) is 6.92. The number of hydrogen-bond donors (Lipinski definition) is 1. The van der Waals surface area contributed by atoms with E-state index < -0.39 is 10.2 Å². The average Bonchev–Trinajstić information content (AvgIpc) is 2.64. The summed E-state index contributed by atoms with van der Waals surface area (Å²) in [6.45, 7) is 5.62. The predicted molar refractivity (Wildman–Crippen MR) is 64.7 cm³/mol. The van der Waals surface area contributed by atoms with Crippen LogP contribution in [-0.2, 0) is 14.9 Å². The van der Waals surface area contributed by atoms with E-state index in [0.717, 1.165) is 6.42 Å². The van der Waals surface area contributed by atoms with Gasteiger partial charge >= 0.3 is 0 Å². The van der Waals surface area contributed by atoms with Gasteiger partial charge in [-0.3, -0.25) is 0 Å². The van der Waals surface area contributed by atoms with Crippen molar-refractivity contribution in [2.75, 3.05) is 26.2 Å². The first-order valence-electron chi connectivity index (χ1n) is 6.06. The van der Waals surface area contributed by atoms with Gasteiger partial charge in [0.15, 0.2) is 0 Å². The Morgan fingerprint density at radius 3 is 2.18 bits per heavy atom. The van der Waals surface area contributed by atoms with E-state index in [2.05, 4.69) is 0 Å². The molecular weight excluding hydrogens is 242 g/mol. The second-order valence-electron chi connectivity index (χ2n) is 4.99. The maximum atomic E-state index is 12.4. The molecule has 0 bridgehead atoms. The summed E-state index contributed by atoms with van der Waals surface area (Å²) in [4.78, 5) is 0. The molecule has 2 rings (SSSR count).